The number of ketones is 1. The molecule has 7 aromatic rings. The van der Waals surface area contributed by atoms with Crippen LogP contribution in [0, 0.1) is 122 Å². The first-order chi connectivity index (χ1) is 30.4. The van der Waals surface area contributed by atoms with Crippen LogP contribution in [0.15, 0.2) is 66.9 Å². The molecule has 0 bridgehead atoms. The van der Waals surface area contributed by atoms with E-state index in [0.29, 0.717) is 5.56 Å². The molecule has 0 saturated carbocycles. The summed E-state index contributed by atoms with van der Waals surface area (Å²) >= 11 is 0. The largest absolute Gasteiger partial charge is 0.287 e. The number of pyridine rings is 1. The molecular weight excluding hydrogens is 932 g/mol. The van der Waals surface area contributed by atoms with Crippen LogP contribution in [-0.4, -0.2) is 11.9 Å². The number of nitrogens with zero attached hydrogens (tertiary/aromatic N) is 1. The fraction of sp³-hybridized carbons (Fsp3) is 0.0244. The number of rotatable bonds is 7. The van der Waals surface area contributed by atoms with E-state index in [1.54, 1.807) is 0 Å². The highest BCUT2D eigenvalue weighted by Crippen LogP contribution is 2.31. The number of carbonyl (C=O) groups is 1. The standard InChI is InChI=1S/C24BF20.C17H13FNO/c26-5-1(6(27)14(35)21(42)13(5)34)25(2-7(28)15(36)22(43)16(37)8(2)29,3-9(30)17(38)23(44)18(39)10(3)31)4-11(32)19(40)24(45)20(41)12(4)33;18-15-9-7-14(8-10-15)17(20)12-19-11-3-5-13-4-1-2-6-16(13)19/h;1-11H,12H2/q-1;+1. The molecule has 0 N–H and O–H groups in total. The number of Topliss-reactive ketones (excluding diaryl/α,β-unsaturated/α-hetero) is 1. The lowest BCUT2D eigenvalue weighted by atomic mass is 9.12. The van der Waals surface area contributed by atoms with Crippen LogP contribution in [0.4, 0.5) is 92.2 Å². The maximum absolute atomic E-state index is 15.4. The van der Waals surface area contributed by atoms with Gasteiger partial charge in [-0.3, -0.25) is 4.79 Å². The van der Waals surface area contributed by atoms with E-state index in [-0.39, 0.29) is 18.1 Å². The molecule has 0 aliphatic rings. The Balaban J connectivity index is 0.000000289. The van der Waals surface area contributed by atoms with Gasteiger partial charge in [0.25, 0.3) is 0 Å². The summed E-state index contributed by atoms with van der Waals surface area (Å²) < 4.78 is 309. The summed E-state index contributed by atoms with van der Waals surface area (Å²) in [6.07, 6.45) is -5.34. The van der Waals surface area contributed by atoms with Gasteiger partial charge in [-0.25, -0.2) is 92.2 Å². The van der Waals surface area contributed by atoms with E-state index in [0.717, 1.165) is 10.9 Å². The minimum absolute atomic E-state index is 0.0358. The lowest BCUT2D eigenvalue weighted by Gasteiger charge is -2.44. The number of halogens is 21. The smallest absolute Gasteiger partial charge is 0.227 e. The minimum atomic E-state index is -7.22. The summed E-state index contributed by atoms with van der Waals surface area (Å²) in [5, 5.41) is 1.09. The Hall–Kier alpha value is -7.01. The third-order valence-electron chi connectivity index (χ3n) is 9.98. The highest BCUT2D eigenvalue weighted by molar-refractivity contribution is 7.20. The van der Waals surface area contributed by atoms with E-state index in [9.17, 15) is 61.9 Å². The van der Waals surface area contributed by atoms with Crippen molar-refractivity contribution >= 4 is 44.7 Å². The SMILES string of the molecule is Fc1c(F)c(F)c([B-](c2c(F)c(F)c(F)c(F)c2F)(c2c(F)c(F)c(F)c(F)c2F)c2c(F)c(F)c(F)c(F)c2F)c(F)c1F.O=C(C[n+]1cccc2ccccc21)c1ccc(F)cc1. The molecule has 2 nitrogen and oxygen atoms in total. The van der Waals surface area contributed by atoms with Gasteiger partial charge in [0, 0.05) is 23.1 Å². The van der Waals surface area contributed by atoms with Gasteiger partial charge in [-0.15, -0.1) is 21.9 Å². The maximum Gasteiger partial charge on any atom is 0.227 e. The molecule has 7 rings (SSSR count). The molecule has 0 saturated heterocycles. The third kappa shape index (κ3) is 7.46. The highest BCUT2D eigenvalue weighted by Gasteiger charge is 2.52. The predicted molar refractivity (Wildman–Crippen MR) is 184 cm³/mol. The molecule has 65 heavy (non-hydrogen) atoms. The van der Waals surface area contributed by atoms with Crippen LogP contribution in [0.3, 0.4) is 0 Å². The topological polar surface area (TPSA) is 20.9 Å². The van der Waals surface area contributed by atoms with Crippen molar-refractivity contribution in [3.63, 3.8) is 0 Å². The minimum Gasteiger partial charge on any atom is -0.287 e. The Morgan fingerprint density at radius 1 is 0.354 bits per heavy atom. The molecular formula is C41H13BF21NO. The quantitative estimate of drug-likeness (QED) is 0.0391. The number of hydrogen-bond acceptors (Lipinski definition) is 1. The molecule has 1 aromatic heterocycles. The van der Waals surface area contributed by atoms with Gasteiger partial charge < -0.3 is 0 Å². The molecule has 0 unspecified atom stereocenters. The van der Waals surface area contributed by atoms with Gasteiger partial charge in [0.15, 0.2) is 76.0 Å². The molecule has 24 heteroatoms. The van der Waals surface area contributed by atoms with Gasteiger partial charge in [-0.05, 0) is 36.4 Å². The molecule has 0 fully saturated rings. The van der Waals surface area contributed by atoms with Gasteiger partial charge in [-0.2, -0.15) is 4.57 Å². The lowest BCUT2D eigenvalue weighted by Crippen LogP contribution is -2.81. The second-order valence-corrected chi connectivity index (χ2v) is 13.4. The zero-order chi connectivity index (χ0) is 48.3. The second-order valence-electron chi connectivity index (χ2n) is 13.4. The second kappa shape index (κ2) is 17.5. The number of benzene rings is 6. The summed E-state index contributed by atoms with van der Waals surface area (Å²) in [7, 11) is 0. The van der Waals surface area contributed by atoms with Gasteiger partial charge in [-0.1, -0.05) is 12.1 Å². The van der Waals surface area contributed by atoms with E-state index in [4.69, 9.17) is 0 Å². The van der Waals surface area contributed by atoms with Gasteiger partial charge in [0.1, 0.15) is 58.5 Å². The van der Waals surface area contributed by atoms with Crippen LogP contribution in [0.2, 0.25) is 0 Å². The first-order valence-corrected chi connectivity index (χ1v) is 17.3. The zero-order valence-corrected chi connectivity index (χ0v) is 30.9. The number of aromatic nitrogens is 1. The van der Waals surface area contributed by atoms with Crippen molar-refractivity contribution in [1.29, 1.82) is 0 Å². The average Bonchev–Trinajstić information content (AvgIpc) is 3.29. The first kappa shape index (κ1) is 47.5. The Bertz CT molecular complexity index is 2720. The van der Waals surface area contributed by atoms with Crippen molar-refractivity contribution in [2.75, 3.05) is 0 Å². The van der Waals surface area contributed by atoms with Crippen LogP contribution in [0.25, 0.3) is 10.9 Å². The summed E-state index contributed by atoms with van der Waals surface area (Å²) in [5.74, 6) is -71.8. The van der Waals surface area contributed by atoms with E-state index in [1.165, 1.54) is 24.3 Å². The highest BCUT2D eigenvalue weighted by atomic mass is 19.2. The van der Waals surface area contributed by atoms with Crippen LogP contribution in [0.1, 0.15) is 10.4 Å². The average molecular weight is 945 g/mol. The van der Waals surface area contributed by atoms with Crippen LogP contribution in [0.5, 0.6) is 0 Å². The Morgan fingerprint density at radius 2 is 0.631 bits per heavy atom. The molecule has 0 spiro atoms. The Kier molecular flexibility index (Phi) is 12.8. The molecule has 0 atom stereocenters. The van der Waals surface area contributed by atoms with Crippen LogP contribution in [-0.2, 0) is 6.54 Å². The van der Waals surface area contributed by atoms with Crippen LogP contribution < -0.4 is 26.4 Å². The van der Waals surface area contributed by atoms with Crippen molar-refractivity contribution in [2.24, 2.45) is 0 Å². The fourth-order valence-electron chi connectivity index (χ4n) is 7.11. The van der Waals surface area contributed by atoms with Crippen molar-refractivity contribution in [2.45, 2.75) is 6.54 Å². The summed E-state index contributed by atoms with van der Waals surface area (Å²) in [5.41, 5.74) is -12.8. The summed E-state index contributed by atoms with van der Waals surface area (Å²) in [6, 6.07) is 17.5. The molecule has 0 radical (unpaired) electrons. The van der Waals surface area contributed by atoms with E-state index >= 15 is 35.1 Å². The van der Waals surface area contributed by atoms with Crippen molar-refractivity contribution < 1.29 is 102 Å². The molecule has 338 valence electrons. The molecule has 0 aliphatic carbocycles. The van der Waals surface area contributed by atoms with Crippen molar-refractivity contribution in [1.82, 2.24) is 0 Å². The number of carbonyl (C=O) groups excluding carboxylic acids is 1. The molecule has 1 heterocycles. The molecule has 6 aromatic carbocycles. The van der Waals surface area contributed by atoms with Gasteiger partial charge in [0.2, 0.25) is 17.8 Å². The predicted octanol–water partition coefficient (Wildman–Crippen LogP) is 9.00. The lowest BCUT2D eigenvalue weighted by molar-refractivity contribution is -0.657. The van der Waals surface area contributed by atoms with Gasteiger partial charge in [0.05, 0.1) is 0 Å². The van der Waals surface area contributed by atoms with Crippen molar-refractivity contribution in [3.05, 3.63) is 195 Å². The molecule has 0 amide bonds. The fourth-order valence-corrected chi connectivity index (χ4v) is 7.11. The Morgan fingerprint density at radius 3 is 0.954 bits per heavy atom. The third-order valence-corrected chi connectivity index (χ3v) is 9.98. The van der Waals surface area contributed by atoms with E-state index < -0.39 is 144 Å². The molecule has 0 aliphatic heterocycles. The van der Waals surface area contributed by atoms with Crippen molar-refractivity contribution in [3.8, 4) is 0 Å². The first-order valence-electron chi connectivity index (χ1n) is 17.3. The Labute approximate surface area is 347 Å². The zero-order valence-electron chi connectivity index (χ0n) is 30.9. The normalized spacial score (nSPS) is 11.6. The monoisotopic (exact) mass is 945 g/mol. The maximum atomic E-state index is 15.4. The number of fused-ring (bicyclic) bond motifs is 1. The summed E-state index contributed by atoms with van der Waals surface area (Å²) in [4.78, 5) is 12.2. The summed E-state index contributed by atoms with van der Waals surface area (Å²) in [6.45, 7) is 0.243. The van der Waals surface area contributed by atoms with E-state index in [2.05, 4.69) is 0 Å². The number of hydrogen-bond donors (Lipinski definition) is 0. The van der Waals surface area contributed by atoms with E-state index in [1.807, 2.05) is 47.2 Å². The number of para-hydroxylation sites is 1. The van der Waals surface area contributed by atoms with Crippen LogP contribution >= 0.6 is 0 Å². The van der Waals surface area contributed by atoms with Gasteiger partial charge >= 0.3 is 0 Å².